The van der Waals surface area contributed by atoms with Crippen LogP contribution < -0.4 is 11.1 Å². The highest BCUT2D eigenvalue weighted by atomic mass is 35.5. The van der Waals surface area contributed by atoms with E-state index in [2.05, 4.69) is 38.3 Å². The van der Waals surface area contributed by atoms with Crippen LogP contribution in [0.1, 0.15) is 41.7 Å². The van der Waals surface area contributed by atoms with Crippen molar-refractivity contribution in [1.82, 2.24) is 20.0 Å². The Bertz CT molecular complexity index is 903. The molecule has 28 heavy (non-hydrogen) atoms. The van der Waals surface area contributed by atoms with Crippen LogP contribution in [0.4, 0.5) is 6.01 Å². The van der Waals surface area contributed by atoms with E-state index in [0.717, 1.165) is 24.3 Å². The average molecular weight is 403 g/mol. The van der Waals surface area contributed by atoms with Crippen molar-refractivity contribution in [2.45, 2.75) is 45.7 Å². The second kappa shape index (κ2) is 8.32. The first-order chi connectivity index (χ1) is 13.0. The maximum absolute atomic E-state index is 6.22. The van der Waals surface area contributed by atoms with Crippen LogP contribution in [-0.4, -0.2) is 26.5 Å². The smallest absolute Gasteiger partial charge is 0.315 e. The highest BCUT2D eigenvalue weighted by molar-refractivity contribution is 5.85. The number of hydrogen-bond donors (Lipinski definition) is 2. The van der Waals surface area contributed by atoms with Gasteiger partial charge in [0.05, 0.1) is 11.7 Å². The number of hydrogen-bond acceptors (Lipinski definition) is 6. The zero-order valence-corrected chi connectivity index (χ0v) is 17.1. The Kier molecular flexibility index (Phi) is 6.05. The Morgan fingerprint density at radius 3 is 2.61 bits per heavy atom. The van der Waals surface area contributed by atoms with Crippen molar-refractivity contribution >= 4 is 18.4 Å². The SMILES string of the molecule is Cc1cc(C)n(CC2(CNc3nnc([C@H](N)Cc4ccccc4)o3)CC2)n1.Cl. The molecule has 150 valence electrons. The molecule has 3 N–H and O–H groups in total. The summed E-state index contributed by atoms with van der Waals surface area (Å²) in [6, 6.07) is 12.3. The van der Waals surface area contributed by atoms with Crippen molar-refractivity contribution in [3.05, 3.63) is 59.2 Å². The first-order valence-electron chi connectivity index (χ1n) is 9.41. The van der Waals surface area contributed by atoms with Gasteiger partial charge in [0.2, 0.25) is 5.89 Å². The van der Waals surface area contributed by atoms with Crippen LogP contribution in [0.15, 0.2) is 40.8 Å². The molecule has 2 heterocycles. The minimum Gasteiger partial charge on any atom is -0.406 e. The number of halogens is 1. The van der Waals surface area contributed by atoms with Crippen LogP contribution in [0.5, 0.6) is 0 Å². The minimum absolute atomic E-state index is 0. The molecule has 0 radical (unpaired) electrons. The van der Waals surface area contributed by atoms with Crippen LogP contribution in [-0.2, 0) is 13.0 Å². The lowest BCUT2D eigenvalue weighted by Gasteiger charge is -2.16. The number of benzene rings is 1. The number of nitrogens with zero attached hydrogens (tertiary/aromatic N) is 4. The Balaban J connectivity index is 0.00000225. The summed E-state index contributed by atoms with van der Waals surface area (Å²) < 4.78 is 7.83. The van der Waals surface area contributed by atoms with Gasteiger partial charge in [-0.15, -0.1) is 17.5 Å². The van der Waals surface area contributed by atoms with Crippen LogP contribution in [0.25, 0.3) is 0 Å². The van der Waals surface area contributed by atoms with Gasteiger partial charge in [0.1, 0.15) is 0 Å². The Hall–Kier alpha value is -2.38. The van der Waals surface area contributed by atoms with Gasteiger partial charge >= 0.3 is 6.01 Å². The second-order valence-electron chi connectivity index (χ2n) is 7.68. The Labute approximate surface area is 171 Å². The van der Waals surface area contributed by atoms with Crippen molar-refractivity contribution in [3.63, 3.8) is 0 Å². The number of rotatable bonds is 8. The van der Waals surface area contributed by atoms with E-state index >= 15 is 0 Å². The fourth-order valence-electron chi connectivity index (χ4n) is 3.39. The van der Waals surface area contributed by atoms with E-state index < -0.39 is 0 Å². The van der Waals surface area contributed by atoms with Gasteiger partial charge in [0.25, 0.3) is 0 Å². The molecule has 0 amide bonds. The number of nitrogens with one attached hydrogen (secondary N) is 1. The molecular formula is C20H27ClN6O. The number of anilines is 1. The molecule has 0 saturated heterocycles. The molecule has 8 heteroatoms. The van der Waals surface area contributed by atoms with Gasteiger partial charge in [-0.05, 0) is 44.7 Å². The summed E-state index contributed by atoms with van der Waals surface area (Å²) in [5.41, 5.74) is 9.84. The summed E-state index contributed by atoms with van der Waals surface area (Å²) in [4.78, 5) is 0. The van der Waals surface area contributed by atoms with Crippen molar-refractivity contribution in [3.8, 4) is 0 Å². The van der Waals surface area contributed by atoms with Crippen molar-refractivity contribution in [1.29, 1.82) is 0 Å². The fraction of sp³-hybridized carbons (Fsp3) is 0.450. The molecule has 1 aromatic carbocycles. The first-order valence-corrected chi connectivity index (χ1v) is 9.41. The summed E-state index contributed by atoms with van der Waals surface area (Å²) in [5.74, 6) is 0.463. The summed E-state index contributed by atoms with van der Waals surface area (Å²) in [5, 5.41) is 16.1. The molecule has 3 aromatic rings. The molecule has 7 nitrogen and oxygen atoms in total. The van der Waals surface area contributed by atoms with Crippen LogP contribution in [0, 0.1) is 19.3 Å². The molecule has 1 aliphatic rings. The second-order valence-corrected chi connectivity index (χ2v) is 7.68. The summed E-state index contributed by atoms with van der Waals surface area (Å²) >= 11 is 0. The maximum atomic E-state index is 6.22. The Morgan fingerprint density at radius 2 is 1.96 bits per heavy atom. The first kappa shape index (κ1) is 20.4. The molecule has 0 aliphatic heterocycles. The lowest BCUT2D eigenvalue weighted by molar-refractivity contribution is 0.401. The third kappa shape index (κ3) is 4.72. The standard InChI is InChI=1S/C20H26N6O.ClH/c1-14-10-15(2)26(25-14)13-20(8-9-20)12-22-19-24-23-18(27-19)17(21)11-16-6-4-3-5-7-16;/h3-7,10,17H,8-9,11-13,21H2,1-2H3,(H,22,24);1H/t17-;/m1./s1. The fourth-order valence-corrected chi connectivity index (χ4v) is 3.39. The lowest BCUT2D eigenvalue weighted by Crippen LogP contribution is -2.22. The molecule has 4 rings (SSSR count). The zero-order valence-electron chi connectivity index (χ0n) is 16.3. The van der Waals surface area contributed by atoms with E-state index in [0.29, 0.717) is 18.3 Å². The molecule has 0 bridgehead atoms. The average Bonchev–Trinajstić information content (AvgIpc) is 3.11. The topological polar surface area (TPSA) is 94.8 Å². The molecule has 1 saturated carbocycles. The van der Waals surface area contributed by atoms with E-state index in [9.17, 15) is 0 Å². The van der Waals surface area contributed by atoms with Crippen molar-refractivity contribution < 1.29 is 4.42 Å². The summed E-state index contributed by atoms with van der Waals surface area (Å²) in [7, 11) is 0. The third-order valence-corrected chi connectivity index (χ3v) is 5.22. The lowest BCUT2D eigenvalue weighted by atomic mass is 10.1. The summed E-state index contributed by atoms with van der Waals surface area (Å²) in [6.07, 6.45) is 3.02. The molecular weight excluding hydrogens is 376 g/mol. The van der Waals surface area contributed by atoms with Crippen molar-refractivity contribution in [2.24, 2.45) is 11.1 Å². The summed E-state index contributed by atoms with van der Waals surface area (Å²) in [6.45, 7) is 5.83. The van der Waals surface area contributed by atoms with Gasteiger partial charge in [-0.2, -0.15) is 5.10 Å². The minimum atomic E-state index is -0.306. The number of aryl methyl sites for hydroxylation is 2. The van der Waals surface area contributed by atoms with E-state index in [1.54, 1.807) is 0 Å². The molecule has 1 aliphatic carbocycles. The van der Waals surface area contributed by atoms with Gasteiger partial charge in [-0.25, -0.2) is 0 Å². The molecule has 0 unspecified atom stereocenters. The van der Waals surface area contributed by atoms with Crippen molar-refractivity contribution in [2.75, 3.05) is 11.9 Å². The quantitative estimate of drug-likeness (QED) is 0.599. The largest absolute Gasteiger partial charge is 0.406 e. The van der Waals surface area contributed by atoms with E-state index in [1.165, 1.54) is 18.5 Å². The normalized spacial score (nSPS) is 15.7. The Morgan fingerprint density at radius 1 is 1.21 bits per heavy atom. The van der Waals surface area contributed by atoms with Gasteiger partial charge in [0.15, 0.2) is 0 Å². The van der Waals surface area contributed by atoms with Gasteiger partial charge < -0.3 is 15.5 Å². The van der Waals surface area contributed by atoms with Crippen LogP contribution in [0.3, 0.4) is 0 Å². The molecule has 1 atom stereocenters. The highest BCUT2D eigenvalue weighted by Gasteiger charge is 2.43. The van der Waals surface area contributed by atoms with Crippen LogP contribution in [0.2, 0.25) is 0 Å². The van der Waals surface area contributed by atoms with Crippen LogP contribution >= 0.6 is 12.4 Å². The number of aromatic nitrogens is 4. The predicted molar refractivity (Wildman–Crippen MR) is 110 cm³/mol. The van der Waals surface area contributed by atoms with E-state index in [4.69, 9.17) is 10.2 Å². The monoisotopic (exact) mass is 402 g/mol. The third-order valence-electron chi connectivity index (χ3n) is 5.22. The highest BCUT2D eigenvalue weighted by Crippen LogP contribution is 2.47. The molecule has 1 fully saturated rings. The van der Waals surface area contributed by atoms with E-state index in [1.807, 2.05) is 37.3 Å². The van der Waals surface area contributed by atoms with Gasteiger partial charge in [-0.1, -0.05) is 35.4 Å². The maximum Gasteiger partial charge on any atom is 0.315 e. The predicted octanol–water partition coefficient (Wildman–Crippen LogP) is 3.44. The zero-order chi connectivity index (χ0) is 18.9. The molecule has 2 aromatic heterocycles. The molecule has 0 spiro atoms. The van der Waals surface area contributed by atoms with E-state index in [-0.39, 0.29) is 23.9 Å². The van der Waals surface area contributed by atoms with Gasteiger partial charge in [-0.3, -0.25) is 4.68 Å². The number of nitrogens with two attached hydrogens (primary N) is 1. The van der Waals surface area contributed by atoms with Gasteiger partial charge in [0, 0.05) is 24.2 Å².